The molecule has 0 unspecified atom stereocenters. The zero-order valence-electron chi connectivity index (χ0n) is 4.79. The molecule has 1 rings (SSSR count). The minimum atomic E-state index is -3.00. The van der Waals surface area contributed by atoms with Gasteiger partial charge in [0.25, 0.3) is 0 Å². The van der Waals surface area contributed by atoms with Crippen molar-refractivity contribution in [1.29, 1.82) is 0 Å². The lowest BCUT2D eigenvalue weighted by atomic mass is 10.7. The summed E-state index contributed by atoms with van der Waals surface area (Å²) >= 11 is 1.33. The minimum absolute atomic E-state index is 0.285. The summed E-state index contributed by atoms with van der Waals surface area (Å²) < 4.78 is 21.3. The normalized spacial score (nSPS) is 11.7. The van der Waals surface area contributed by atoms with Crippen molar-refractivity contribution in [2.45, 2.75) is 4.90 Å². The van der Waals surface area contributed by atoms with Gasteiger partial charge < -0.3 is 0 Å². The van der Waals surface area contributed by atoms with Gasteiger partial charge in [0, 0.05) is 17.7 Å². The molecule has 0 bridgehead atoms. The van der Waals surface area contributed by atoms with Crippen LogP contribution in [0.3, 0.4) is 0 Å². The predicted molar refractivity (Wildman–Crippen MR) is 36.3 cm³/mol. The van der Waals surface area contributed by atoms with E-state index in [0.717, 1.165) is 0 Å². The topological polar surface area (TPSA) is 34.1 Å². The van der Waals surface area contributed by atoms with Gasteiger partial charge in [0.1, 0.15) is 0 Å². The Morgan fingerprint density at radius 2 is 2.33 bits per heavy atom. The largest absolute Gasteiger partial charge is 0.224 e. The van der Waals surface area contributed by atoms with Crippen LogP contribution in [0.15, 0.2) is 15.7 Å². The van der Waals surface area contributed by atoms with Gasteiger partial charge in [-0.1, -0.05) is 0 Å². The molecule has 0 N–H and O–H groups in total. The van der Waals surface area contributed by atoms with Crippen molar-refractivity contribution in [3.63, 3.8) is 0 Å². The molecule has 0 atom stereocenters. The van der Waals surface area contributed by atoms with E-state index in [1.54, 1.807) is 10.8 Å². The first kappa shape index (κ1) is 6.77. The third kappa shape index (κ3) is 1.53. The summed E-state index contributed by atoms with van der Waals surface area (Å²) in [4.78, 5) is 0.285. The molecule has 0 fully saturated rings. The quantitative estimate of drug-likeness (QED) is 0.614. The van der Waals surface area contributed by atoms with E-state index in [2.05, 4.69) is 6.07 Å². The van der Waals surface area contributed by atoms with Crippen LogP contribution in [0.4, 0.5) is 0 Å². The minimum Gasteiger partial charge on any atom is -0.224 e. The molecule has 4 heteroatoms. The molecular weight excluding hydrogens is 156 g/mol. The fraction of sp³-hybridized carbons (Fsp3) is 0.200. The smallest absolute Gasteiger partial charge is 0.176 e. The summed E-state index contributed by atoms with van der Waals surface area (Å²) in [5.74, 6) is 0. The van der Waals surface area contributed by atoms with Crippen molar-refractivity contribution in [2.24, 2.45) is 0 Å². The molecule has 0 amide bonds. The molecule has 0 aromatic carbocycles. The molecule has 1 radical (unpaired) electrons. The van der Waals surface area contributed by atoms with Crippen LogP contribution in [0.25, 0.3) is 0 Å². The van der Waals surface area contributed by atoms with E-state index in [-0.39, 0.29) is 4.90 Å². The Balaban J connectivity index is 3.20. The summed E-state index contributed by atoms with van der Waals surface area (Å²) in [6.45, 7) is 0. The van der Waals surface area contributed by atoms with E-state index in [0.29, 0.717) is 0 Å². The standard InChI is InChI=1S/C5H5O2S2/c1-9(6,7)5-2-3-8-4-5/h3-4H,1H3. The van der Waals surface area contributed by atoms with Crippen LogP contribution in [0, 0.1) is 6.07 Å². The van der Waals surface area contributed by atoms with Gasteiger partial charge in [-0.15, -0.1) is 0 Å². The van der Waals surface area contributed by atoms with E-state index in [4.69, 9.17) is 0 Å². The van der Waals surface area contributed by atoms with Gasteiger partial charge in [0.15, 0.2) is 9.84 Å². The van der Waals surface area contributed by atoms with Crippen LogP contribution in [0.1, 0.15) is 0 Å². The SMILES string of the molecule is CS(=O)(=O)c1[c]csc1. The number of sulfone groups is 1. The van der Waals surface area contributed by atoms with Crippen molar-refractivity contribution in [3.8, 4) is 0 Å². The summed E-state index contributed by atoms with van der Waals surface area (Å²) in [6.07, 6.45) is 1.17. The molecule has 1 heterocycles. The van der Waals surface area contributed by atoms with E-state index in [1.807, 2.05) is 0 Å². The van der Waals surface area contributed by atoms with Crippen molar-refractivity contribution in [1.82, 2.24) is 0 Å². The maximum Gasteiger partial charge on any atom is 0.176 e. The second-order valence-corrected chi connectivity index (χ2v) is 4.38. The first-order valence-corrected chi connectivity index (χ1v) is 5.08. The summed E-state index contributed by atoms with van der Waals surface area (Å²) in [7, 11) is -3.00. The Morgan fingerprint density at radius 1 is 1.67 bits per heavy atom. The van der Waals surface area contributed by atoms with Crippen LogP contribution in [0.2, 0.25) is 0 Å². The Labute approximate surface area is 58.1 Å². The Bertz CT molecular complexity index is 270. The van der Waals surface area contributed by atoms with Gasteiger partial charge in [-0.3, -0.25) is 0 Å². The van der Waals surface area contributed by atoms with Crippen molar-refractivity contribution in [2.75, 3.05) is 6.26 Å². The molecular formula is C5H5O2S2. The number of hydrogen-bond acceptors (Lipinski definition) is 3. The van der Waals surface area contributed by atoms with Crippen LogP contribution in [0.5, 0.6) is 0 Å². The summed E-state index contributed by atoms with van der Waals surface area (Å²) in [5, 5.41) is 3.19. The fourth-order valence-corrected chi connectivity index (χ4v) is 2.08. The highest BCUT2D eigenvalue weighted by atomic mass is 32.2. The van der Waals surface area contributed by atoms with Crippen LogP contribution < -0.4 is 0 Å². The number of thiophene rings is 1. The van der Waals surface area contributed by atoms with Gasteiger partial charge in [-0.2, -0.15) is 11.3 Å². The third-order valence-corrected chi connectivity index (χ3v) is 2.65. The lowest BCUT2D eigenvalue weighted by molar-refractivity contribution is 0.602. The second-order valence-electron chi connectivity index (χ2n) is 1.65. The van der Waals surface area contributed by atoms with Crippen molar-refractivity contribution < 1.29 is 8.42 Å². The highest BCUT2D eigenvalue weighted by Gasteiger charge is 2.05. The molecule has 1 aromatic heterocycles. The molecule has 0 aliphatic heterocycles. The highest BCUT2D eigenvalue weighted by Crippen LogP contribution is 2.10. The van der Waals surface area contributed by atoms with Gasteiger partial charge in [-0.05, 0) is 5.38 Å². The summed E-state index contributed by atoms with van der Waals surface area (Å²) in [5.41, 5.74) is 0. The highest BCUT2D eigenvalue weighted by molar-refractivity contribution is 7.90. The average Bonchev–Trinajstić information content (AvgIpc) is 2.08. The second kappa shape index (κ2) is 2.11. The maximum atomic E-state index is 10.7. The van der Waals surface area contributed by atoms with Crippen molar-refractivity contribution in [3.05, 3.63) is 16.8 Å². The predicted octanol–water partition coefficient (Wildman–Crippen LogP) is 0.952. The molecule has 1 aromatic rings. The maximum absolute atomic E-state index is 10.7. The fourth-order valence-electron chi connectivity index (χ4n) is 0.416. The Morgan fingerprint density at radius 3 is 2.56 bits per heavy atom. The summed E-state index contributed by atoms with van der Waals surface area (Å²) in [6, 6.07) is 2.61. The van der Waals surface area contributed by atoms with E-state index in [9.17, 15) is 8.42 Å². The monoisotopic (exact) mass is 161 g/mol. The lowest BCUT2D eigenvalue weighted by Gasteiger charge is -1.86. The van der Waals surface area contributed by atoms with Crippen LogP contribution >= 0.6 is 11.3 Å². The van der Waals surface area contributed by atoms with E-state index >= 15 is 0 Å². The third-order valence-electron chi connectivity index (χ3n) is 0.844. The molecule has 49 valence electrons. The molecule has 9 heavy (non-hydrogen) atoms. The molecule has 0 saturated heterocycles. The molecule has 2 nitrogen and oxygen atoms in total. The first-order chi connectivity index (χ1) is 4.11. The van der Waals surface area contributed by atoms with Gasteiger partial charge >= 0.3 is 0 Å². The Kier molecular flexibility index (Phi) is 1.59. The van der Waals surface area contributed by atoms with E-state index < -0.39 is 9.84 Å². The van der Waals surface area contributed by atoms with Gasteiger partial charge in [0.05, 0.1) is 4.90 Å². The molecule has 0 spiro atoms. The van der Waals surface area contributed by atoms with Gasteiger partial charge in [-0.25, -0.2) is 8.42 Å². The lowest BCUT2D eigenvalue weighted by Crippen LogP contribution is -1.93. The molecule has 0 aliphatic carbocycles. The van der Waals surface area contributed by atoms with Crippen LogP contribution in [-0.4, -0.2) is 14.7 Å². The van der Waals surface area contributed by atoms with Crippen LogP contribution in [-0.2, 0) is 9.84 Å². The Hall–Kier alpha value is -0.350. The van der Waals surface area contributed by atoms with Crippen molar-refractivity contribution >= 4 is 21.2 Å². The number of hydrogen-bond donors (Lipinski definition) is 0. The zero-order valence-corrected chi connectivity index (χ0v) is 6.42. The number of rotatable bonds is 1. The first-order valence-electron chi connectivity index (χ1n) is 2.24. The zero-order chi connectivity index (χ0) is 6.91. The van der Waals surface area contributed by atoms with E-state index in [1.165, 1.54) is 17.6 Å². The molecule has 0 aliphatic rings. The van der Waals surface area contributed by atoms with Gasteiger partial charge in [0.2, 0.25) is 0 Å². The molecule has 0 saturated carbocycles. The average molecular weight is 161 g/mol.